The Hall–Kier alpha value is -0.950. The molecule has 0 amide bonds. The van der Waals surface area contributed by atoms with E-state index in [4.69, 9.17) is 11.0 Å². The standard InChI is InChI=1S/C6H8F2N2/c1-2-3-6(10,4-9)5(7)8/h2,5H,1,3,10H2. The number of nitriles is 1. The van der Waals surface area contributed by atoms with E-state index in [-0.39, 0.29) is 6.42 Å². The Morgan fingerprint density at radius 2 is 2.30 bits per heavy atom. The molecule has 4 heteroatoms. The maximum absolute atomic E-state index is 11.9. The average Bonchev–Trinajstić information content (AvgIpc) is 1.88. The molecule has 2 N–H and O–H groups in total. The van der Waals surface area contributed by atoms with E-state index in [2.05, 4.69) is 6.58 Å². The van der Waals surface area contributed by atoms with Crippen molar-refractivity contribution in [1.82, 2.24) is 0 Å². The summed E-state index contributed by atoms with van der Waals surface area (Å²) < 4.78 is 23.8. The molecule has 0 aromatic heterocycles. The van der Waals surface area contributed by atoms with Crippen LogP contribution in [0.15, 0.2) is 12.7 Å². The van der Waals surface area contributed by atoms with Crippen LogP contribution in [0, 0.1) is 11.3 Å². The molecule has 0 aliphatic rings. The fourth-order valence-corrected chi connectivity index (χ4v) is 0.422. The van der Waals surface area contributed by atoms with E-state index in [0.29, 0.717) is 0 Å². The van der Waals surface area contributed by atoms with Crippen LogP contribution in [0.4, 0.5) is 8.78 Å². The van der Waals surface area contributed by atoms with Gasteiger partial charge < -0.3 is 5.73 Å². The van der Waals surface area contributed by atoms with Crippen LogP contribution in [0.3, 0.4) is 0 Å². The van der Waals surface area contributed by atoms with Gasteiger partial charge in [-0.2, -0.15) is 5.26 Å². The van der Waals surface area contributed by atoms with Crippen LogP contribution in [-0.4, -0.2) is 12.0 Å². The molecule has 0 fully saturated rings. The lowest BCUT2D eigenvalue weighted by atomic mass is 10.00. The van der Waals surface area contributed by atoms with Crippen LogP contribution in [0.1, 0.15) is 6.42 Å². The molecular weight excluding hydrogens is 138 g/mol. The lowest BCUT2D eigenvalue weighted by Crippen LogP contribution is -2.44. The summed E-state index contributed by atoms with van der Waals surface area (Å²) in [5, 5.41) is 8.18. The summed E-state index contributed by atoms with van der Waals surface area (Å²) in [5.74, 6) is 0. The maximum atomic E-state index is 11.9. The molecule has 1 unspecified atom stereocenters. The molecule has 0 spiro atoms. The number of hydrogen-bond donors (Lipinski definition) is 1. The number of alkyl halides is 2. The third-order valence-corrected chi connectivity index (χ3v) is 1.08. The van der Waals surface area contributed by atoms with Gasteiger partial charge in [0.2, 0.25) is 0 Å². The molecule has 10 heavy (non-hydrogen) atoms. The van der Waals surface area contributed by atoms with Crippen LogP contribution < -0.4 is 5.73 Å². The Balaban J connectivity index is 4.26. The van der Waals surface area contributed by atoms with E-state index in [1.54, 1.807) is 0 Å². The molecule has 56 valence electrons. The Morgan fingerprint density at radius 3 is 2.40 bits per heavy atom. The molecule has 0 aromatic rings. The highest BCUT2D eigenvalue weighted by Gasteiger charge is 2.34. The first-order valence-corrected chi connectivity index (χ1v) is 2.66. The van der Waals surface area contributed by atoms with Gasteiger partial charge >= 0.3 is 0 Å². The first-order chi connectivity index (χ1) is 4.56. The maximum Gasteiger partial charge on any atom is 0.269 e. The van der Waals surface area contributed by atoms with Crippen molar-refractivity contribution in [2.24, 2.45) is 5.73 Å². The summed E-state index contributed by atoms with van der Waals surface area (Å²) >= 11 is 0. The minimum absolute atomic E-state index is 0.193. The van der Waals surface area contributed by atoms with E-state index in [1.165, 1.54) is 12.1 Å². The van der Waals surface area contributed by atoms with Gasteiger partial charge in [-0.25, -0.2) is 8.78 Å². The van der Waals surface area contributed by atoms with Crippen molar-refractivity contribution in [3.8, 4) is 6.07 Å². The van der Waals surface area contributed by atoms with Crippen molar-refractivity contribution in [2.45, 2.75) is 18.4 Å². The van der Waals surface area contributed by atoms with Crippen LogP contribution >= 0.6 is 0 Å². The first kappa shape index (κ1) is 9.05. The van der Waals surface area contributed by atoms with Crippen molar-refractivity contribution >= 4 is 0 Å². The quantitative estimate of drug-likeness (QED) is 0.605. The van der Waals surface area contributed by atoms with Crippen molar-refractivity contribution in [1.29, 1.82) is 5.26 Å². The fourth-order valence-electron chi connectivity index (χ4n) is 0.422. The fraction of sp³-hybridized carbons (Fsp3) is 0.500. The second-order valence-corrected chi connectivity index (χ2v) is 1.95. The molecule has 0 aromatic carbocycles. The molecule has 0 heterocycles. The van der Waals surface area contributed by atoms with Gasteiger partial charge in [0.05, 0.1) is 6.07 Å². The summed E-state index contributed by atoms with van der Waals surface area (Å²) in [6.07, 6.45) is -1.81. The Bertz CT molecular complexity index is 162. The van der Waals surface area contributed by atoms with Gasteiger partial charge in [-0.3, -0.25) is 0 Å². The third-order valence-electron chi connectivity index (χ3n) is 1.08. The number of nitrogens with zero attached hydrogens (tertiary/aromatic N) is 1. The topological polar surface area (TPSA) is 49.8 Å². The highest BCUT2D eigenvalue weighted by Crippen LogP contribution is 2.15. The first-order valence-electron chi connectivity index (χ1n) is 2.66. The normalized spacial score (nSPS) is 15.9. The summed E-state index contributed by atoms with van der Waals surface area (Å²) in [5.41, 5.74) is 2.91. The lowest BCUT2D eigenvalue weighted by Gasteiger charge is -2.17. The zero-order valence-electron chi connectivity index (χ0n) is 5.35. The number of hydrogen-bond acceptors (Lipinski definition) is 2. The molecule has 0 bridgehead atoms. The zero-order valence-corrected chi connectivity index (χ0v) is 5.35. The summed E-state index contributed by atoms with van der Waals surface area (Å²) in [6, 6.07) is 1.34. The summed E-state index contributed by atoms with van der Waals surface area (Å²) in [7, 11) is 0. The molecule has 0 aliphatic carbocycles. The van der Waals surface area contributed by atoms with Gasteiger partial charge in [-0.05, 0) is 0 Å². The molecule has 0 rings (SSSR count). The van der Waals surface area contributed by atoms with Gasteiger partial charge in [-0.1, -0.05) is 6.08 Å². The van der Waals surface area contributed by atoms with Crippen molar-refractivity contribution in [3.63, 3.8) is 0 Å². The van der Waals surface area contributed by atoms with Gasteiger partial charge in [-0.15, -0.1) is 6.58 Å². The van der Waals surface area contributed by atoms with Gasteiger partial charge in [0.25, 0.3) is 6.43 Å². The number of rotatable bonds is 3. The van der Waals surface area contributed by atoms with Crippen LogP contribution in [0.25, 0.3) is 0 Å². The highest BCUT2D eigenvalue weighted by atomic mass is 19.3. The Morgan fingerprint density at radius 1 is 1.80 bits per heavy atom. The molecule has 1 atom stereocenters. The highest BCUT2D eigenvalue weighted by molar-refractivity contribution is 5.09. The van der Waals surface area contributed by atoms with E-state index in [1.807, 2.05) is 0 Å². The summed E-state index contributed by atoms with van der Waals surface area (Å²) in [6.45, 7) is 3.21. The molecular formula is C6H8F2N2. The van der Waals surface area contributed by atoms with Gasteiger partial charge in [0, 0.05) is 6.42 Å². The largest absolute Gasteiger partial charge is 0.308 e. The van der Waals surface area contributed by atoms with Gasteiger partial charge in [0.15, 0.2) is 5.54 Å². The van der Waals surface area contributed by atoms with Crippen molar-refractivity contribution < 1.29 is 8.78 Å². The van der Waals surface area contributed by atoms with Crippen LogP contribution in [0.5, 0.6) is 0 Å². The van der Waals surface area contributed by atoms with E-state index < -0.39 is 12.0 Å². The Kier molecular flexibility index (Phi) is 2.97. The van der Waals surface area contributed by atoms with Gasteiger partial charge in [0.1, 0.15) is 0 Å². The molecule has 0 aliphatic heterocycles. The lowest BCUT2D eigenvalue weighted by molar-refractivity contribution is 0.0845. The molecule has 0 saturated carbocycles. The predicted octanol–water partition coefficient (Wildman–Crippen LogP) is 1.05. The van der Waals surface area contributed by atoms with E-state index in [0.717, 1.165) is 0 Å². The SMILES string of the molecule is C=CCC(N)(C#N)C(F)F. The summed E-state index contributed by atoms with van der Waals surface area (Å²) in [4.78, 5) is 0. The smallest absolute Gasteiger partial charge is 0.269 e. The van der Waals surface area contributed by atoms with E-state index >= 15 is 0 Å². The second-order valence-electron chi connectivity index (χ2n) is 1.95. The third kappa shape index (κ3) is 1.78. The van der Waals surface area contributed by atoms with Crippen LogP contribution in [0.2, 0.25) is 0 Å². The monoisotopic (exact) mass is 146 g/mol. The number of nitrogens with two attached hydrogens (primary N) is 1. The second kappa shape index (κ2) is 3.28. The number of halogens is 2. The zero-order chi connectivity index (χ0) is 8.20. The molecule has 0 radical (unpaired) electrons. The van der Waals surface area contributed by atoms with Crippen molar-refractivity contribution in [3.05, 3.63) is 12.7 Å². The van der Waals surface area contributed by atoms with Crippen molar-refractivity contribution in [2.75, 3.05) is 0 Å². The predicted molar refractivity (Wildman–Crippen MR) is 33.3 cm³/mol. The minimum Gasteiger partial charge on any atom is -0.308 e. The average molecular weight is 146 g/mol. The Labute approximate surface area is 57.9 Å². The molecule has 2 nitrogen and oxygen atoms in total. The van der Waals surface area contributed by atoms with E-state index in [9.17, 15) is 8.78 Å². The van der Waals surface area contributed by atoms with Crippen LogP contribution in [-0.2, 0) is 0 Å². The molecule has 0 saturated heterocycles. The minimum atomic E-state index is -2.82.